The molecule has 24 heavy (non-hydrogen) atoms. The van der Waals surface area contributed by atoms with Crippen LogP contribution in [0, 0.1) is 11.2 Å². The molecule has 3 rings (SSSR count). The average molecular weight is 331 g/mol. The quantitative estimate of drug-likeness (QED) is 0.827. The molecule has 8 heteroatoms. The minimum Gasteiger partial charge on any atom is -0.479 e. The lowest BCUT2D eigenvalue weighted by molar-refractivity contribution is 0.145. The molecule has 7 nitrogen and oxygen atoms in total. The minimum absolute atomic E-state index is 0.0796. The summed E-state index contributed by atoms with van der Waals surface area (Å²) in [6.45, 7) is 1.14. The second-order valence-electron chi connectivity index (χ2n) is 5.25. The van der Waals surface area contributed by atoms with E-state index in [1.807, 2.05) is 0 Å². The van der Waals surface area contributed by atoms with Gasteiger partial charge in [0.25, 0.3) is 0 Å². The van der Waals surface area contributed by atoms with E-state index in [9.17, 15) is 4.39 Å². The van der Waals surface area contributed by atoms with Gasteiger partial charge in [-0.05, 0) is 6.42 Å². The zero-order valence-corrected chi connectivity index (χ0v) is 13.3. The molecule has 0 bridgehead atoms. The lowest BCUT2D eigenvalue weighted by atomic mass is 10.0. The molecule has 0 aromatic carbocycles. The van der Waals surface area contributed by atoms with E-state index in [0.717, 1.165) is 17.5 Å². The van der Waals surface area contributed by atoms with Crippen molar-refractivity contribution in [2.45, 2.75) is 12.8 Å². The molecule has 0 fully saturated rings. The lowest BCUT2D eigenvalue weighted by Crippen LogP contribution is -2.08. The number of nitrogens with zero attached hydrogens (tertiary/aromatic N) is 3. The number of methoxy groups -OCH3 is 1. The van der Waals surface area contributed by atoms with Crippen LogP contribution in [0.1, 0.15) is 17.0 Å². The molecule has 1 aliphatic heterocycles. The molecule has 126 valence electrons. The Morgan fingerprint density at radius 3 is 2.92 bits per heavy atom. The van der Waals surface area contributed by atoms with E-state index in [2.05, 4.69) is 10.1 Å². The van der Waals surface area contributed by atoms with Gasteiger partial charge < -0.3 is 20.6 Å². The van der Waals surface area contributed by atoms with Gasteiger partial charge in [0.1, 0.15) is 0 Å². The number of nitrogens with two attached hydrogens (primary N) is 1. The van der Waals surface area contributed by atoms with Crippen molar-refractivity contribution in [2.75, 3.05) is 20.3 Å². The van der Waals surface area contributed by atoms with Crippen LogP contribution in [0.25, 0.3) is 11.3 Å². The standard InChI is InChI=1S/C16H18FN5O2/c1-23-16-13(17)6-11(9-20-16)22-15(10(7-18)8-19)12-2-4-24-5-3-14(12)21-22/h6-9,18H,2-5,19H2,1H3/b10-8+,18-7?. The topological polar surface area (TPSA) is 99.0 Å². The third-order valence-corrected chi connectivity index (χ3v) is 3.89. The van der Waals surface area contributed by atoms with E-state index >= 15 is 0 Å². The molecule has 0 spiro atoms. The summed E-state index contributed by atoms with van der Waals surface area (Å²) in [5, 5.41) is 12.2. The normalized spacial score (nSPS) is 14.8. The molecule has 0 saturated carbocycles. The summed E-state index contributed by atoms with van der Waals surface area (Å²) < 4.78 is 26.0. The van der Waals surface area contributed by atoms with Gasteiger partial charge in [0.2, 0.25) is 5.88 Å². The summed E-state index contributed by atoms with van der Waals surface area (Å²) in [6, 6.07) is 1.30. The van der Waals surface area contributed by atoms with E-state index in [-0.39, 0.29) is 5.88 Å². The van der Waals surface area contributed by atoms with Gasteiger partial charge >= 0.3 is 0 Å². The summed E-state index contributed by atoms with van der Waals surface area (Å²) in [4.78, 5) is 3.96. The molecular weight excluding hydrogens is 313 g/mol. The van der Waals surface area contributed by atoms with Crippen molar-refractivity contribution < 1.29 is 13.9 Å². The predicted molar refractivity (Wildman–Crippen MR) is 87.0 cm³/mol. The fourth-order valence-corrected chi connectivity index (χ4v) is 2.76. The van der Waals surface area contributed by atoms with Gasteiger partial charge in [0.05, 0.1) is 43.6 Å². The molecule has 0 amide bonds. The SMILES string of the molecule is COc1ncc(-n2nc3c(c2/C(C=N)=C/N)CCOCC3)cc1F. The number of fused-ring (bicyclic) bond motifs is 1. The highest BCUT2D eigenvalue weighted by Gasteiger charge is 2.23. The van der Waals surface area contributed by atoms with Crippen LogP contribution in [0.2, 0.25) is 0 Å². The number of hydrogen-bond acceptors (Lipinski definition) is 6. The first-order valence-corrected chi connectivity index (χ1v) is 7.50. The van der Waals surface area contributed by atoms with Crippen LogP contribution < -0.4 is 10.5 Å². The van der Waals surface area contributed by atoms with Gasteiger partial charge in [-0.1, -0.05) is 0 Å². The number of rotatable bonds is 4. The maximum Gasteiger partial charge on any atom is 0.250 e. The van der Waals surface area contributed by atoms with Gasteiger partial charge in [-0.2, -0.15) is 5.10 Å². The third-order valence-electron chi connectivity index (χ3n) is 3.89. The molecule has 0 atom stereocenters. The first-order valence-electron chi connectivity index (χ1n) is 7.50. The monoisotopic (exact) mass is 331 g/mol. The molecule has 0 aliphatic carbocycles. The largest absolute Gasteiger partial charge is 0.479 e. The first-order chi connectivity index (χ1) is 11.7. The van der Waals surface area contributed by atoms with Gasteiger partial charge in [-0.15, -0.1) is 0 Å². The number of allylic oxidation sites excluding steroid dienone is 1. The smallest absolute Gasteiger partial charge is 0.250 e. The number of hydrogen-bond donors (Lipinski definition) is 2. The molecule has 2 aromatic heterocycles. The number of halogens is 1. The summed E-state index contributed by atoms with van der Waals surface area (Å²) in [7, 11) is 1.36. The fraction of sp³-hybridized carbons (Fsp3) is 0.312. The van der Waals surface area contributed by atoms with Gasteiger partial charge in [0.15, 0.2) is 5.82 Å². The van der Waals surface area contributed by atoms with E-state index in [4.69, 9.17) is 20.6 Å². The van der Waals surface area contributed by atoms with Crippen molar-refractivity contribution in [3.63, 3.8) is 0 Å². The Hall–Kier alpha value is -2.74. The Labute approximate surface area is 138 Å². The molecule has 0 radical (unpaired) electrons. The molecule has 3 N–H and O–H groups in total. The zero-order valence-electron chi connectivity index (χ0n) is 13.3. The Kier molecular flexibility index (Phi) is 4.57. The van der Waals surface area contributed by atoms with Crippen LogP contribution in [0.5, 0.6) is 5.88 Å². The van der Waals surface area contributed by atoms with Crippen molar-refractivity contribution in [2.24, 2.45) is 5.73 Å². The maximum atomic E-state index is 14.0. The predicted octanol–water partition coefficient (Wildman–Crippen LogP) is 1.48. The highest BCUT2D eigenvalue weighted by Crippen LogP contribution is 2.28. The maximum absolute atomic E-state index is 14.0. The molecule has 0 unspecified atom stereocenters. The highest BCUT2D eigenvalue weighted by molar-refractivity contribution is 6.08. The fourth-order valence-electron chi connectivity index (χ4n) is 2.76. The molecule has 2 aromatic rings. The Balaban J connectivity index is 2.20. The van der Waals surface area contributed by atoms with Crippen LogP contribution in [0.15, 0.2) is 18.5 Å². The van der Waals surface area contributed by atoms with Crippen LogP contribution in [0.4, 0.5) is 4.39 Å². The molecular formula is C16H18FN5O2. The number of nitrogens with one attached hydrogen (secondary N) is 1. The lowest BCUT2D eigenvalue weighted by Gasteiger charge is -2.10. The second-order valence-corrected chi connectivity index (χ2v) is 5.25. The van der Waals surface area contributed by atoms with Crippen LogP contribution in [-0.4, -0.2) is 41.3 Å². The van der Waals surface area contributed by atoms with Crippen molar-refractivity contribution in [1.82, 2.24) is 14.8 Å². The average Bonchev–Trinajstić information content (AvgIpc) is 2.79. The van der Waals surface area contributed by atoms with Crippen molar-refractivity contribution >= 4 is 11.8 Å². The van der Waals surface area contributed by atoms with Crippen LogP contribution in [-0.2, 0) is 17.6 Å². The third kappa shape index (κ3) is 2.76. The highest BCUT2D eigenvalue weighted by atomic mass is 19.1. The Morgan fingerprint density at radius 1 is 1.46 bits per heavy atom. The summed E-state index contributed by atoms with van der Waals surface area (Å²) in [5.41, 5.74) is 9.11. The van der Waals surface area contributed by atoms with Gasteiger partial charge in [-0.3, -0.25) is 0 Å². The summed E-state index contributed by atoms with van der Waals surface area (Å²) in [6.07, 6.45) is 5.29. The Bertz CT molecular complexity index is 800. The Morgan fingerprint density at radius 2 is 2.25 bits per heavy atom. The van der Waals surface area contributed by atoms with Gasteiger partial charge in [0, 0.05) is 36.0 Å². The molecule has 0 saturated heterocycles. The van der Waals surface area contributed by atoms with E-state index < -0.39 is 5.82 Å². The number of ether oxygens (including phenoxy) is 2. The first kappa shape index (κ1) is 16.1. The van der Waals surface area contributed by atoms with Crippen molar-refractivity contribution in [3.05, 3.63) is 41.2 Å². The number of aromatic nitrogens is 3. The molecule has 1 aliphatic rings. The van der Waals surface area contributed by atoms with Crippen molar-refractivity contribution in [1.29, 1.82) is 5.41 Å². The van der Waals surface area contributed by atoms with Crippen molar-refractivity contribution in [3.8, 4) is 11.6 Å². The zero-order chi connectivity index (χ0) is 17.1. The minimum atomic E-state index is -0.580. The van der Waals surface area contributed by atoms with E-state index in [1.165, 1.54) is 25.6 Å². The van der Waals surface area contributed by atoms with Gasteiger partial charge in [-0.25, -0.2) is 14.1 Å². The summed E-state index contributed by atoms with van der Waals surface area (Å²) >= 11 is 0. The number of pyridine rings is 1. The molecule has 3 heterocycles. The van der Waals surface area contributed by atoms with E-state index in [0.29, 0.717) is 43.0 Å². The van der Waals surface area contributed by atoms with E-state index in [1.54, 1.807) is 4.68 Å². The summed E-state index contributed by atoms with van der Waals surface area (Å²) in [5.74, 6) is -0.660. The second kappa shape index (κ2) is 6.79. The van der Waals surface area contributed by atoms with Crippen LogP contribution >= 0.6 is 0 Å². The van der Waals surface area contributed by atoms with Crippen LogP contribution in [0.3, 0.4) is 0 Å².